The summed E-state index contributed by atoms with van der Waals surface area (Å²) >= 11 is 1.65. The third-order valence-electron chi connectivity index (χ3n) is 4.74. The van der Waals surface area contributed by atoms with Crippen molar-refractivity contribution in [2.45, 2.75) is 12.8 Å². The third kappa shape index (κ3) is 2.43. The molecule has 0 unspecified atom stereocenters. The minimum Gasteiger partial charge on any atom is -0.383 e. The van der Waals surface area contributed by atoms with Crippen molar-refractivity contribution in [2.24, 2.45) is 0 Å². The number of hydrogen-bond acceptors (Lipinski definition) is 6. The maximum atomic E-state index is 6.49. The third-order valence-corrected chi connectivity index (χ3v) is 5.42. The topological polar surface area (TPSA) is 72.9 Å². The van der Waals surface area contributed by atoms with Gasteiger partial charge in [0.05, 0.1) is 16.8 Å². The molecular weight excluding hydrogens is 344 g/mol. The Morgan fingerprint density at radius 2 is 1.81 bits per heavy atom. The van der Waals surface area contributed by atoms with Gasteiger partial charge in [-0.05, 0) is 36.4 Å². The highest BCUT2D eigenvalue weighted by molar-refractivity contribution is 7.08. The van der Waals surface area contributed by atoms with E-state index in [0.717, 1.165) is 41.4 Å². The molecule has 1 saturated heterocycles. The summed E-state index contributed by atoms with van der Waals surface area (Å²) in [5, 5.41) is 9.66. The molecule has 4 aromatic rings. The van der Waals surface area contributed by atoms with E-state index in [2.05, 4.69) is 21.7 Å². The summed E-state index contributed by atoms with van der Waals surface area (Å²) in [7, 11) is 0. The summed E-state index contributed by atoms with van der Waals surface area (Å²) in [5.41, 5.74) is 9.97. The van der Waals surface area contributed by atoms with Crippen LogP contribution in [0.2, 0.25) is 0 Å². The van der Waals surface area contributed by atoms with Crippen LogP contribution in [-0.2, 0) is 0 Å². The molecule has 0 radical (unpaired) electrons. The average molecular weight is 362 g/mol. The number of anilines is 2. The molecule has 0 atom stereocenters. The second kappa shape index (κ2) is 6.10. The maximum Gasteiger partial charge on any atom is 0.228 e. The maximum absolute atomic E-state index is 6.49. The highest BCUT2D eigenvalue weighted by Crippen LogP contribution is 2.34. The van der Waals surface area contributed by atoms with Gasteiger partial charge >= 0.3 is 0 Å². The predicted molar refractivity (Wildman–Crippen MR) is 106 cm³/mol. The van der Waals surface area contributed by atoms with Crippen molar-refractivity contribution in [3.05, 3.63) is 47.2 Å². The summed E-state index contributed by atoms with van der Waals surface area (Å²) in [6.07, 6.45) is 2.35. The first-order valence-electron chi connectivity index (χ1n) is 8.70. The van der Waals surface area contributed by atoms with Crippen LogP contribution in [0.25, 0.3) is 28.0 Å². The first-order valence-corrected chi connectivity index (χ1v) is 9.65. The van der Waals surface area contributed by atoms with Gasteiger partial charge in [-0.15, -0.1) is 5.10 Å². The number of fused-ring (bicyclic) bond motifs is 1. The predicted octanol–water partition coefficient (Wildman–Crippen LogP) is 3.73. The largest absolute Gasteiger partial charge is 0.383 e. The number of benzene rings is 1. The minimum atomic E-state index is 0.570. The average Bonchev–Trinajstić information content (AvgIpc) is 3.43. The number of nitrogen functional groups attached to an aromatic ring is 1. The lowest BCUT2D eigenvalue weighted by molar-refractivity contribution is 0.883. The van der Waals surface area contributed by atoms with Crippen molar-refractivity contribution in [2.75, 3.05) is 23.7 Å². The van der Waals surface area contributed by atoms with Crippen molar-refractivity contribution in [3.8, 4) is 16.9 Å². The molecule has 0 saturated carbocycles. The second-order valence-electron chi connectivity index (χ2n) is 6.41. The molecule has 26 heavy (non-hydrogen) atoms. The standard InChI is InChI=1S/C19H18N6S/c20-17-15-16(13-8-11-26-12-13)21-19(24-9-4-5-10-24)22-18(15)23-25(17)14-6-2-1-3-7-14/h1-3,6-8,11-12H,4-5,9-10,20H2. The smallest absolute Gasteiger partial charge is 0.228 e. The van der Waals surface area contributed by atoms with E-state index in [9.17, 15) is 0 Å². The lowest BCUT2D eigenvalue weighted by Gasteiger charge is -2.15. The number of thiophene rings is 1. The lowest BCUT2D eigenvalue weighted by Crippen LogP contribution is -2.20. The van der Waals surface area contributed by atoms with E-state index in [1.54, 1.807) is 16.0 Å². The zero-order chi connectivity index (χ0) is 17.5. The van der Waals surface area contributed by atoms with E-state index in [0.29, 0.717) is 11.5 Å². The number of nitrogens with two attached hydrogens (primary N) is 1. The monoisotopic (exact) mass is 362 g/mol. The van der Waals surface area contributed by atoms with Gasteiger partial charge in [0.25, 0.3) is 0 Å². The van der Waals surface area contributed by atoms with Gasteiger partial charge in [-0.2, -0.15) is 16.3 Å². The van der Waals surface area contributed by atoms with Crippen molar-refractivity contribution in [1.82, 2.24) is 19.7 Å². The number of rotatable bonds is 3. The van der Waals surface area contributed by atoms with Gasteiger partial charge in [0.1, 0.15) is 5.82 Å². The fraction of sp³-hybridized carbons (Fsp3) is 0.211. The zero-order valence-corrected chi connectivity index (χ0v) is 15.0. The Labute approximate surface area is 154 Å². The van der Waals surface area contributed by atoms with E-state index in [1.165, 1.54) is 12.8 Å². The molecule has 1 aromatic carbocycles. The van der Waals surface area contributed by atoms with E-state index in [1.807, 2.05) is 30.3 Å². The Morgan fingerprint density at radius 3 is 2.54 bits per heavy atom. The van der Waals surface area contributed by atoms with Gasteiger partial charge in [-0.25, -0.2) is 9.67 Å². The van der Waals surface area contributed by atoms with Crippen LogP contribution in [0.3, 0.4) is 0 Å². The summed E-state index contributed by atoms with van der Waals surface area (Å²) in [6.45, 7) is 1.98. The Balaban J connectivity index is 1.77. The first-order chi connectivity index (χ1) is 12.8. The van der Waals surface area contributed by atoms with Crippen molar-refractivity contribution < 1.29 is 0 Å². The molecular formula is C19H18N6S. The number of nitrogens with zero attached hydrogens (tertiary/aromatic N) is 5. The molecule has 0 bridgehead atoms. The Bertz CT molecular complexity index is 1050. The molecule has 3 aromatic heterocycles. The molecule has 4 heterocycles. The molecule has 1 aliphatic rings. The van der Waals surface area contributed by atoms with Crippen LogP contribution in [-0.4, -0.2) is 32.8 Å². The van der Waals surface area contributed by atoms with Crippen LogP contribution in [0.5, 0.6) is 0 Å². The van der Waals surface area contributed by atoms with Crippen LogP contribution in [0.15, 0.2) is 47.2 Å². The summed E-state index contributed by atoms with van der Waals surface area (Å²) in [4.78, 5) is 11.9. The first kappa shape index (κ1) is 15.3. The van der Waals surface area contributed by atoms with Gasteiger partial charge in [-0.1, -0.05) is 18.2 Å². The molecule has 130 valence electrons. The summed E-state index contributed by atoms with van der Waals surface area (Å²) in [6, 6.07) is 12.0. The number of aromatic nitrogens is 4. The fourth-order valence-electron chi connectivity index (χ4n) is 3.43. The highest BCUT2D eigenvalue weighted by Gasteiger charge is 2.22. The highest BCUT2D eigenvalue weighted by atomic mass is 32.1. The molecule has 0 spiro atoms. The number of para-hydroxylation sites is 1. The SMILES string of the molecule is Nc1c2c(-c3ccsc3)nc(N3CCCC3)nc2nn1-c1ccccc1. The van der Waals surface area contributed by atoms with Crippen LogP contribution in [0.1, 0.15) is 12.8 Å². The molecule has 0 amide bonds. The van der Waals surface area contributed by atoms with E-state index in [4.69, 9.17) is 20.8 Å². The van der Waals surface area contributed by atoms with Gasteiger partial charge in [0, 0.05) is 24.0 Å². The van der Waals surface area contributed by atoms with Gasteiger partial charge in [0.2, 0.25) is 5.95 Å². The normalized spacial score (nSPS) is 14.4. The van der Waals surface area contributed by atoms with Crippen LogP contribution in [0, 0.1) is 0 Å². The zero-order valence-electron chi connectivity index (χ0n) is 14.2. The van der Waals surface area contributed by atoms with Gasteiger partial charge < -0.3 is 10.6 Å². The molecule has 5 rings (SSSR count). The van der Waals surface area contributed by atoms with Crippen molar-refractivity contribution in [1.29, 1.82) is 0 Å². The summed E-state index contributed by atoms with van der Waals surface area (Å²) in [5.74, 6) is 1.31. The quantitative estimate of drug-likeness (QED) is 0.601. The van der Waals surface area contributed by atoms with Gasteiger partial charge in [0.15, 0.2) is 5.65 Å². The Kier molecular flexibility index (Phi) is 3.60. The second-order valence-corrected chi connectivity index (χ2v) is 7.19. The number of hydrogen-bond donors (Lipinski definition) is 1. The molecule has 6 nitrogen and oxygen atoms in total. The minimum absolute atomic E-state index is 0.570. The summed E-state index contributed by atoms with van der Waals surface area (Å²) < 4.78 is 1.75. The molecule has 0 aliphatic carbocycles. The Morgan fingerprint density at radius 1 is 1.00 bits per heavy atom. The van der Waals surface area contributed by atoms with Crippen LogP contribution in [0.4, 0.5) is 11.8 Å². The van der Waals surface area contributed by atoms with E-state index in [-0.39, 0.29) is 0 Å². The van der Waals surface area contributed by atoms with Gasteiger partial charge in [-0.3, -0.25) is 0 Å². The molecule has 7 heteroatoms. The van der Waals surface area contributed by atoms with E-state index < -0.39 is 0 Å². The lowest BCUT2D eigenvalue weighted by atomic mass is 10.1. The molecule has 2 N–H and O–H groups in total. The van der Waals surface area contributed by atoms with Crippen LogP contribution >= 0.6 is 11.3 Å². The van der Waals surface area contributed by atoms with Crippen molar-refractivity contribution in [3.63, 3.8) is 0 Å². The van der Waals surface area contributed by atoms with E-state index >= 15 is 0 Å². The van der Waals surface area contributed by atoms with Crippen LogP contribution < -0.4 is 10.6 Å². The Hall–Kier alpha value is -2.93. The van der Waals surface area contributed by atoms with Crippen molar-refractivity contribution >= 4 is 34.1 Å². The molecule has 1 aliphatic heterocycles. The molecule has 1 fully saturated rings. The fourth-order valence-corrected chi connectivity index (χ4v) is 4.07.